The Bertz CT molecular complexity index is 795. The smallest absolute Gasteiger partial charge is 0.174 e. The standard InChI is InChI=1S/C17H19NO4/c1-21-11-3-2-9-8-12-17(20)5-4-10(19)15-16(17,6-7-18-12)13(9)14(11)22-15/h2-3,12,15,18,20H,4-8H2,1H3/t12-,15+,16+,17-/m1/s1/i1D3. The predicted molar refractivity (Wildman–Crippen MR) is 78.4 cm³/mol. The lowest BCUT2D eigenvalue weighted by Gasteiger charge is -2.59. The first-order chi connectivity index (χ1) is 11.8. The molecule has 4 atom stereocenters. The molecule has 1 saturated heterocycles. The molecule has 22 heavy (non-hydrogen) atoms. The van der Waals surface area contributed by atoms with Gasteiger partial charge in [-0.15, -0.1) is 0 Å². The molecule has 4 aliphatic rings. The SMILES string of the molecule is [2H]C([2H])([2H])Oc1ccc2c3c1O[C@H]1C(=O)CC[C@@]4(O)[C@@H](C2)NCC[C@]314. The van der Waals surface area contributed by atoms with Crippen molar-refractivity contribution in [1.82, 2.24) is 5.32 Å². The lowest BCUT2D eigenvalue weighted by Crippen LogP contribution is -2.76. The summed E-state index contributed by atoms with van der Waals surface area (Å²) in [6.45, 7) is 0.684. The minimum Gasteiger partial charge on any atom is -0.493 e. The molecular weight excluding hydrogens is 282 g/mol. The summed E-state index contributed by atoms with van der Waals surface area (Å²) < 4.78 is 33.3. The Hall–Kier alpha value is -1.59. The first-order valence-electron chi connectivity index (χ1n) is 9.27. The first-order valence-corrected chi connectivity index (χ1v) is 7.77. The van der Waals surface area contributed by atoms with Crippen molar-refractivity contribution in [3.8, 4) is 11.5 Å². The van der Waals surface area contributed by atoms with Crippen LogP contribution in [-0.4, -0.2) is 42.2 Å². The zero-order chi connectivity index (χ0) is 17.6. The van der Waals surface area contributed by atoms with E-state index in [1.54, 1.807) is 6.07 Å². The molecule has 2 aliphatic heterocycles. The highest BCUT2D eigenvalue weighted by Gasteiger charge is 2.71. The highest BCUT2D eigenvalue weighted by molar-refractivity contribution is 5.90. The molecule has 1 aromatic carbocycles. The van der Waals surface area contributed by atoms with E-state index >= 15 is 0 Å². The average molecular weight is 304 g/mol. The van der Waals surface area contributed by atoms with Gasteiger partial charge in [-0.1, -0.05) is 6.07 Å². The molecule has 1 spiro atoms. The van der Waals surface area contributed by atoms with E-state index in [-0.39, 0.29) is 24.0 Å². The van der Waals surface area contributed by atoms with Crippen LogP contribution in [0.1, 0.15) is 34.5 Å². The summed E-state index contributed by atoms with van der Waals surface area (Å²) in [5.41, 5.74) is -0.102. The molecule has 0 aromatic heterocycles. The van der Waals surface area contributed by atoms with E-state index in [4.69, 9.17) is 13.6 Å². The van der Waals surface area contributed by atoms with Crippen molar-refractivity contribution < 1.29 is 23.5 Å². The average Bonchev–Trinajstić information content (AvgIpc) is 2.86. The molecule has 0 amide bonds. The van der Waals surface area contributed by atoms with E-state index in [0.717, 1.165) is 11.1 Å². The number of Topliss-reactive ketones (excluding diaryl/α,β-unsaturated/α-hetero) is 1. The van der Waals surface area contributed by atoms with Crippen LogP contribution in [0.3, 0.4) is 0 Å². The van der Waals surface area contributed by atoms with Crippen LogP contribution in [0.15, 0.2) is 12.1 Å². The topological polar surface area (TPSA) is 67.8 Å². The van der Waals surface area contributed by atoms with Crippen LogP contribution in [0.4, 0.5) is 0 Å². The lowest BCUT2D eigenvalue weighted by molar-refractivity contribution is -0.166. The van der Waals surface area contributed by atoms with Crippen LogP contribution in [0.2, 0.25) is 0 Å². The molecule has 116 valence electrons. The Balaban J connectivity index is 1.77. The number of hydrogen-bond acceptors (Lipinski definition) is 5. The van der Waals surface area contributed by atoms with Gasteiger partial charge >= 0.3 is 0 Å². The Kier molecular flexibility index (Phi) is 1.78. The van der Waals surface area contributed by atoms with Gasteiger partial charge in [0.05, 0.1) is 22.2 Å². The zero-order valence-corrected chi connectivity index (χ0v) is 12.0. The van der Waals surface area contributed by atoms with E-state index in [2.05, 4.69) is 5.32 Å². The number of aliphatic hydroxyl groups is 1. The number of methoxy groups -OCH3 is 1. The molecule has 0 radical (unpaired) electrons. The fourth-order valence-corrected chi connectivity index (χ4v) is 5.29. The number of carbonyl (C=O) groups is 1. The number of hydrogen-bond donors (Lipinski definition) is 2. The van der Waals surface area contributed by atoms with Crippen LogP contribution in [-0.2, 0) is 16.6 Å². The summed E-state index contributed by atoms with van der Waals surface area (Å²) in [5, 5.41) is 15.0. The Morgan fingerprint density at radius 3 is 3.27 bits per heavy atom. The highest BCUT2D eigenvalue weighted by atomic mass is 16.5. The van der Waals surface area contributed by atoms with E-state index < -0.39 is 24.2 Å². The number of ether oxygens (including phenoxy) is 2. The van der Waals surface area contributed by atoms with Crippen molar-refractivity contribution in [3.05, 3.63) is 23.3 Å². The second-order valence-electron chi connectivity index (χ2n) is 6.85. The summed E-state index contributed by atoms with van der Waals surface area (Å²) >= 11 is 0. The van der Waals surface area contributed by atoms with Crippen LogP contribution in [0.25, 0.3) is 0 Å². The van der Waals surface area contributed by atoms with Crippen LogP contribution in [0.5, 0.6) is 11.5 Å². The van der Waals surface area contributed by atoms with E-state index in [1.165, 1.54) is 0 Å². The molecule has 2 bridgehead atoms. The van der Waals surface area contributed by atoms with Gasteiger partial charge in [0.1, 0.15) is 0 Å². The molecule has 0 unspecified atom stereocenters. The van der Waals surface area contributed by atoms with Gasteiger partial charge in [0.15, 0.2) is 23.4 Å². The minimum atomic E-state index is -2.61. The van der Waals surface area contributed by atoms with Gasteiger partial charge < -0.3 is 19.9 Å². The summed E-state index contributed by atoms with van der Waals surface area (Å²) in [5.74, 6) is 0.413. The molecule has 5 heteroatoms. The second-order valence-corrected chi connectivity index (χ2v) is 6.85. The molecule has 5 rings (SSSR count). The number of benzene rings is 1. The van der Waals surface area contributed by atoms with Gasteiger partial charge in [-0.25, -0.2) is 0 Å². The summed E-state index contributed by atoms with van der Waals surface area (Å²) in [4.78, 5) is 12.7. The molecule has 2 heterocycles. The third-order valence-electron chi connectivity index (χ3n) is 6.18. The predicted octanol–water partition coefficient (Wildman–Crippen LogP) is 0.706. The molecule has 5 nitrogen and oxygen atoms in total. The number of carbonyl (C=O) groups excluding carboxylic acids is 1. The van der Waals surface area contributed by atoms with Crippen molar-refractivity contribution in [1.29, 1.82) is 0 Å². The van der Waals surface area contributed by atoms with Gasteiger partial charge in [0, 0.05) is 18.0 Å². The van der Waals surface area contributed by atoms with Gasteiger partial charge in [-0.05, 0) is 37.4 Å². The molecule has 2 N–H and O–H groups in total. The van der Waals surface area contributed by atoms with Crippen molar-refractivity contribution in [3.63, 3.8) is 0 Å². The van der Waals surface area contributed by atoms with Gasteiger partial charge in [0.25, 0.3) is 0 Å². The maximum absolute atomic E-state index is 12.7. The maximum atomic E-state index is 12.7. The summed E-state index contributed by atoms with van der Waals surface area (Å²) in [6.07, 6.45) is 1.09. The highest BCUT2D eigenvalue weighted by Crippen LogP contribution is 2.63. The largest absolute Gasteiger partial charge is 0.493 e. The van der Waals surface area contributed by atoms with Crippen LogP contribution < -0.4 is 14.8 Å². The van der Waals surface area contributed by atoms with Crippen LogP contribution in [0, 0.1) is 0 Å². The number of rotatable bonds is 1. The second kappa shape index (κ2) is 3.84. The normalized spacial score (nSPS) is 43.5. The fraction of sp³-hybridized carbons (Fsp3) is 0.588. The number of ketones is 1. The molecule has 1 saturated carbocycles. The molecule has 2 aliphatic carbocycles. The maximum Gasteiger partial charge on any atom is 0.174 e. The Morgan fingerprint density at radius 1 is 1.50 bits per heavy atom. The summed E-state index contributed by atoms with van der Waals surface area (Å²) in [6, 6.07) is 3.30. The Morgan fingerprint density at radius 2 is 2.41 bits per heavy atom. The monoisotopic (exact) mass is 304 g/mol. The van der Waals surface area contributed by atoms with Crippen molar-refractivity contribution in [2.75, 3.05) is 13.6 Å². The van der Waals surface area contributed by atoms with Crippen molar-refractivity contribution in [2.45, 2.75) is 48.8 Å². The third-order valence-corrected chi connectivity index (χ3v) is 6.18. The van der Waals surface area contributed by atoms with Gasteiger partial charge in [-0.2, -0.15) is 0 Å². The van der Waals surface area contributed by atoms with E-state index in [1.807, 2.05) is 6.07 Å². The molecule has 2 fully saturated rings. The number of piperidine rings is 1. The summed E-state index contributed by atoms with van der Waals surface area (Å²) in [7, 11) is -2.61. The Labute approximate surface area is 132 Å². The van der Waals surface area contributed by atoms with Gasteiger partial charge in [0.2, 0.25) is 0 Å². The van der Waals surface area contributed by atoms with E-state index in [0.29, 0.717) is 31.6 Å². The minimum absolute atomic E-state index is 0.0331. The van der Waals surface area contributed by atoms with E-state index in [9.17, 15) is 9.90 Å². The zero-order valence-electron chi connectivity index (χ0n) is 15.0. The van der Waals surface area contributed by atoms with Crippen LogP contribution >= 0.6 is 0 Å². The first kappa shape index (κ1) is 10.2. The molecular formula is C17H19NO4. The lowest BCUT2D eigenvalue weighted by atomic mass is 9.49. The van der Waals surface area contributed by atoms with Gasteiger partial charge in [-0.3, -0.25) is 4.79 Å². The van der Waals surface area contributed by atoms with Crippen molar-refractivity contribution >= 4 is 5.78 Å². The number of nitrogens with one attached hydrogen (secondary N) is 1. The quantitative estimate of drug-likeness (QED) is 0.800. The fourth-order valence-electron chi connectivity index (χ4n) is 5.29. The third kappa shape index (κ3) is 1.16. The van der Waals surface area contributed by atoms with Crippen molar-refractivity contribution in [2.24, 2.45) is 0 Å². The molecule has 1 aromatic rings.